The van der Waals surface area contributed by atoms with Crippen molar-refractivity contribution in [2.75, 3.05) is 11.9 Å². The molecular weight excluding hydrogens is 460 g/mol. The Balaban J connectivity index is 1.32. The fourth-order valence-electron chi connectivity index (χ4n) is 3.27. The van der Waals surface area contributed by atoms with Crippen molar-refractivity contribution in [3.63, 3.8) is 0 Å². The van der Waals surface area contributed by atoms with Crippen LogP contribution in [0.4, 0.5) is 5.69 Å². The molecule has 0 saturated heterocycles. The lowest BCUT2D eigenvalue weighted by Crippen LogP contribution is -2.38. The van der Waals surface area contributed by atoms with Crippen LogP contribution in [-0.4, -0.2) is 43.2 Å². The molecule has 174 valence electrons. The molecule has 0 saturated carbocycles. The predicted molar refractivity (Wildman–Crippen MR) is 122 cm³/mol. The third-order valence-corrected chi connectivity index (χ3v) is 6.75. The SMILES string of the molecule is CC(OC(=O)CN1C(=O)c2ccccc2S1(=O)=O)C(=O)Nc1ccc(Oc2ccccc2)cc1. The van der Waals surface area contributed by atoms with Gasteiger partial charge in [-0.3, -0.25) is 14.4 Å². The molecule has 0 spiro atoms. The Labute approximate surface area is 196 Å². The third kappa shape index (κ3) is 4.76. The van der Waals surface area contributed by atoms with E-state index in [9.17, 15) is 22.8 Å². The van der Waals surface area contributed by atoms with Crippen LogP contribution in [0.15, 0.2) is 83.8 Å². The van der Waals surface area contributed by atoms with Crippen LogP contribution in [0.25, 0.3) is 0 Å². The second-order valence-electron chi connectivity index (χ2n) is 7.37. The first-order valence-corrected chi connectivity index (χ1v) is 11.7. The first kappa shape index (κ1) is 23.0. The third-order valence-electron chi connectivity index (χ3n) is 4.96. The average molecular weight is 480 g/mol. The van der Waals surface area contributed by atoms with Gasteiger partial charge in [0.2, 0.25) is 0 Å². The molecule has 0 fully saturated rings. The molecule has 4 rings (SSSR count). The molecule has 1 aliphatic rings. The van der Waals surface area contributed by atoms with Crippen molar-refractivity contribution in [2.45, 2.75) is 17.9 Å². The van der Waals surface area contributed by atoms with Crippen LogP contribution in [0.1, 0.15) is 17.3 Å². The van der Waals surface area contributed by atoms with E-state index in [0.29, 0.717) is 21.5 Å². The Hall–Kier alpha value is -4.18. The summed E-state index contributed by atoms with van der Waals surface area (Å²) in [6, 6.07) is 21.4. The molecule has 0 aliphatic carbocycles. The van der Waals surface area contributed by atoms with E-state index in [2.05, 4.69) is 5.32 Å². The van der Waals surface area contributed by atoms with Crippen LogP contribution >= 0.6 is 0 Å². The molecule has 0 aromatic heterocycles. The summed E-state index contributed by atoms with van der Waals surface area (Å²) in [5, 5.41) is 2.60. The summed E-state index contributed by atoms with van der Waals surface area (Å²) in [5.41, 5.74) is 0.432. The Morgan fingerprint density at radius 1 is 0.912 bits per heavy atom. The van der Waals surface area contributed by atoms with Gasteiger partial charge in [0.05, 0.1) is 5.56 Å². The molecule has 3 aromatic rings. The lowest BCUT2D eigenvalue weighted by Gasteiger charge is -2.17. The summed E-state index contributed by atoms with van der Waals surface area (Å²) in [7, 11) is -4.15. The molecule has 34 heavy (non-hydrogen) atoms. The summed E-state index contributed by atoms with van der Waals surface area (Å²) in [6.07, 6.45) is -1.23. The minimum absolute atomic E-state index is 0.0132. The Morgan fingerprint density at radius 3 is 2.21 bits per heavy atom. The van der Waals surface area contributed by atoms with Gasteiger partial charge in [0, 0.05) is 5.69 Å². The number of rotatable bonds is 7. The van der Waals surface area contributed by atoms with Crippen molar-refractivity contribution in [1.82, 2.24) is 4.31 Å². The number of ether oxygens (including phenoxy) is 2. The fraction of sp³-hybridized carbons (Fsp3) is 0.125. The number of benzene rings is 3. The lowest BCUT2D eigenvalue weighted by atomic mass is 10.2. The summed E-state index contributed by atoms with van der Waals surface area (Å²) in [5.74, 6) is -1.23. The topological polar surface area (TPSA) is 119 Å². The number of anilines is 1. The molecule has 1 unspecified atom stereocenters. The maximum absolute atomic E-state index is 12.5. The Kier molecular flexibility index (Phi) is 6.33. The number of hydrogen-bond donors (Lipinski definition) is 1. The number of esters is 1. The van der Waals surface area contributed by atoms with Gasteiger partial charge in [-0.15, -0.1) is 0 Å². The van der Waals surface area contributed by atoms with Crippen molar-refractivity contribution in [1.29, 1.82) is 0 Å². The fourth-order valence-corrected chi connectivity index (χ4v) is 4.78. The first-order chi connectivity index (χ1) is 16.3. The van der Waals surface area contributed by atoms with Gasteiger partial charge in [0.1, 0.15) is 22.9 Å². The maximum atomic E-state index is 12.5. The number of amides is 2. The van der Waals surface area contributed by atoms with Crippen LogP contribution in [0, 0.1) is 0 Å². The highest BCUT2D eigenvalue weighted by Crippen LogP contribution is 2.29. The molecule has 9 nitrogen and oxygen atoms in total. The number of nitrogens with zero attached hydrogens (tertiary/aromatic N) is 1. The van der Waals surface area contributed by atoms with Gasteiger partial charge in [0.15, 0.2) is 6.10 Å². The van der Waals surface area contributed by atoms with Gasteiger partial charge in [-0.1, -0.05) is 30.3 Å². The first-order valence-electron chi connectivity index (χ1n) is 10.2. The number of carbonyl (C=O) groups is 3. The van der Waals surface area contributed by atoms with E-state index in [1.807, 2.05) is 30.3 Å². The standard InChI is InChI=1S/C24H20N2O7S/c1-16(23(28)25-17-11-13-19(14-12-17)33-18-7-3-2-4-8-18)32-22(27)15-26-24(29)20-9-5-6-10-21(20)34(26,30)31/h2-14,16H,15H2,1H3,(H,25,28). The second kappa shape index (κ2) is 9.36. The normalized spacial score (nSPS) is 14.7. The Bertz CT molecular complexity index is 1340. The van der Waals surface area contributed by atoms with Crippen LogP contribution in [0.5, 0.6) is 11.5 Å². The molecule has 1 heterocycles. The zero-order valence-corrected chi connectivity index (χ0v) is 18.8. The van der Waals surface area contributed by atoms with E-state index >= 15 is 0 Å². The maximum Gasteiger partial charge on any atom is 0.327 e. The number of para-hydroxylation sites is 1. The minimum atomic E-state index is -4.15. The molecule has 0 radical (unpaired) electrons. The molecule has 1 atom stereocenters. The van der Waals surface area contributed by atoms with Gasteiger partial charge in [0.25, 0.3) is 21.8 Å². The summed E-state index contributed by atoms with van der Waals surface area (Å²) in [6.45, 7) is 0.508. The Morgan fingerprint density at radius 2 is 1.53 bits per heavy atom. The van der Waals surface area contributed by atoms with Crippen LogP contribution in [-0.2, 0) is 24.3 Å². The lowest BCUT2D eigenvalue weighted by molar-refractivity contribution is -0.152. The van der Waals surface area contributed by atoms with Crippen LogP contribution in [0.2, 0.25) is 0 Å². The average Bonchev–Trinajstić information content (AvgIpc) is 3.02. The minimum Gasteiger partial charge on any atom is -0.457 e. The van der Waals surface area contributed by atoms with Crippen molar-refractivity contribution < 1.29 is 32.3 Å². The van der Waals surface area contributed by atoms with E-state index in [1.54, 1.807) is 24.3 Å². The van der Waals surface area contributed by atoms with Crippen molar-refractivity contribution in [2.24, 2.45) is 0 Å². The van der Waals surface area contributed by atoms with Crippen molar-refractivity contribution in [3.8, 4) is 11.5 Å². The molecule has 1 aliphatic heterocycles. The van der Waals surface area contributed by atoms with Crippen molar-refractivity contribution >= 4 is 33.5 Å². The van der Waals surface area contributed by atoms with Gasteiger partial charge >= 0.3 is 5.97 Å². The molecule has 1 N–H and O–H groups in total. The number of carbonyl (C=O) groups excluding carboxylic acids is 3. The summed E-state index contributed by atoms with van der Waals surface area (Å²) < 4.78 is 36.3. The monoisotopic (exact) mass is 480 g/mol. The highest BCUT2D eigenvalue weighted by atomic mass is 32.2. The molecule has 3 aromatic carbocycles. The molecular formula is C24H20N2O7S. The van der Waals surface area contributed by atoms with Crippen LogP contribution in [0.3, 0.4) is 0 Å². The van der Waals surface area contributed by atoms with E-state index in [0.717, 1.165) is 0 Å². The van der Waals surface area contributed by atoms with Gasteiger partial charge in [-0.2, -0.15) is 0 Å². The van der Waals surface area contributed by atoms with Crippen LogP contribution < -0.4 is 10.1 Å². The smallest absolute Gasteiger partial charge is 0.327 e. The second-order valence-corrected chi connectivity index (χ2v) is 9.20. The highest BCUT2D eigenvalue weighted by Gasteiger charge is 2.42. The predicted octanol–water partition coefficient (Wildman–Crippen LogP) is 3.19. The van der Waals surface area contributed by atoms with E-state index in [4.69, 9.17) is 9.47 Å². The number of hydrogen-bond acceptors (Lipinski definition) is 7. The summed E-state index contributed by atoms with van der Waals surface area (Å²) in [4.78, 5) is 36.9. The molecule has 0 bridgehead atoms. The van der Waals surface area contributed by atoms with E-state index in [1.165, 1.54) is 31.2 Å². The number of fused-ring (bicyclic) bond motifs is 1. The van der Waals surface area contributed by atoms with Gasteiger partial charge in [-0.25, -0.2) is 12.7 Å². The number of nitrogens with one attached hydrogen (secondary N) is 1. The highest BCUT2D eigenvalue weighted by molar-refractivity contribution is 7.90. The molecule has 10 heteroatoms. The van der Waals surface area contributed by atoms with E-state index in [-0.39, 0.29) is 10.5 Å². The molecule has 2 amide bonds. The quantitative estimate of drug-likeness (QED) is 0.516. The van der Waals surface area contributed by atoms with Crippen molar-refractivity contribution in [3.05, 3.63) is 84.4 Å². The number of sulfonamides is 1. The summed E-state index contributed by atoms with van der Waals surface area (Å²) >= 11 is 0. The zero-order valence-electron chi connectivity index (χ0n) is 18.0. The zero-order chi connectivity index (χ0) is 24.3. The van der Waals surface area contributed by atoms with Gasteiger partial charge < -0.3 is 14.8 Å². The van der Waals surface area contributed by atoms with Gasteiger partial charge in [-0.05, 0) is 55.5 Å². The van der Waals surface area contributed by atoms with E-state index < -0.39 is 40.5 Å². The largest absolute Gasteiger partial charge is 0.457 e.